The van der Waals surface area contributed by atoms with Gasteiger partial charge in [-0.25, -0.2) is 0 Å². The number of para-hydroxylation sites is 1. The number of fused-ring (bicyclic) bond motifs is 1. The van der Waals surface area contributed by atoms with Crippen LogP contribution in [0.2, 0.25) is 0 Å². The molecule has 0 radical (unpaired) electrons. The van der Waals surface area contributed by atoms with Gasteiger partial charge in [-0.3, -0.25) is 0 Å². The van der Waals surface area contributed by atoms with E-state index in [9.17, 15) is 0 Å². The summed E-state index contributed by atoms with van der Waals surface area (Å²) in [5.41, 5.74) is 1.35. The van der Waals surface area contributed by atoms with Crippen molar-refractivity contribution >= 4 is 0 Å². The lowest BCUT2D eigenvalue weighted by molar-refractivity contribution is 0.167. The predicted molar refractivity (Wildman–Crippen MR) is 78.5 cm³/mol. The van der Waals surface area contributed by atoms with Gasteiger partial charge in [0, 0.05) is 12.5 Å². The zero-order valence-corrected chi connectivity index (χ0v) is 11.9. The lowest BCUT2D eigenvalue weighted by atomic mass is 9.93. The topological polar surface area (TPSA) is 36.3 Å². The van der Waals surface area contributed by atoms with E-state index < -0.39 is 0 Å². The average molecular weight is 270 g/mol. The second-order valence-corrected chi connectivity index (χ2v) is 6.02. The van der Waals surface area contributed by atoms with E-state index in [2.05, 4.69) is 29.2 Å². The maximum Gasteiger partial charge on any atom is 0.122 e. The van der Waals surface area contributed by atoms with Crippen LogP contribution in [0.4, 0.5) is 0 Å². The largest absolute Gasteiger partial charge is 0.493 e. The van der Waals surface area contributed by atoms with Crippen molar-refractivity contribution in [1.29, 1.82) is 5.26 Å². The third-order valence-corrected chi connectivity index (χ3v) is 4.55. The zero-order valence-electron chi connectivity index (χ0n) is 11.9. The van der Waals surface area contributed by atoms with E-state index in [0.29, 0.717) is 5.92 Å². The lowest BCUT2D eigenvalue weighted by Crippen LogP contribution is -2.37. The highest BCUT2D eigenvalue weighted by atomic mass is 16.5. The SMILES string of the molecule is N#CC1CCN(C[C@@H]2CCOc3ccccc3C2)CC1. The molecule has 0 N–H and O–H groups in total. The highest BCUT2D eigenvalue weighted by Gasteiger charge is 2.23. The molecule has 0 aromatic heterocycles. The smallest absolute Gasteiger partial charge is 0.122 e. The Hall–Kier alpha value is -1.53. The number of nitrogens with zero attached hydrogens (tertiary/aromatic N) is 2. The molecular weight excluding hydrogens is 248 g/mol. The van der Waals surface area contributed by atoms with Crippen LogP contribution < -0.4 is 4.74 Å². The maximum atomic E-state index is 8.96. The Kier molecular flexibility index (Phi) is 4.22. The third kappa shape index (κ3) is 3.13. The first kappa shape index (κ1) is 13.5. The summed E-state index contributed by atoms with van der Waals surface area (Å²) >= 11 is 0. The molecule has 2 aliphatic rings. The molecular formula is C17H22N2O. The zero-order chi connectivity index (χ0) is 13.8. The van der Waals surface area contributed by atoms with E-state index in [1.165, 1.54) is 5.56 Å². The van der Waals surface area contributed by atoms with Crippen LogP contribution in [-0.4, -0.2) is 31.1 Å². The van der Waals surface area contributed by atoms with Crippen LogP contribution in [0.5, 0.6) is 5.75 Å². The molecule has 0 aliphatic carbocycles. The molecule has 2 heterocycles. The van der Waals surface area contributed by atoms with Crippen molar-refractivity contribution in [1.82, 2.24) is 4.90 Å². The van der Waals surface area contributed by atoms with Crippen LogP contribution in [0.25, 0.3) is 0 Å². The number of hydrogen-bond donors (Lipinski definition) is 0. The monoisotopic (exact) mass is 270 g/mol. The molecule has 106 valence electrons. The minimum absolute atomic E-state index is 0.282. The van der Waals surface area contributed by atoms with Gasteiger partial charge in [-0.15, -0.1) is 0 Å². The van der Waals surface area contributed by atoms with E-state index in [4.69, 9.17) is 10.00 Å². The highest BCUT2D eigenvalue weighted by Crippen LogP contribution is 2.28. The van der Waals surface area contributed by atoms with Crippen LogP contribution in [-0.2, 0) is 6.42 Å². The fourth-order valence-corrected chi connectivity index (χ4v) is 3.33. The summed E-state index contributed by atoms with van der Waals surface area (Å²) in [4.78, 5) is 2.53. The van der Waals surface area contributed by atoms with Crippen molar-refractivity contribution in [3.63, 3.8) is 0 Å². The Balaban J connectivity index is 1.58. The summed E-state index contributed by atoms with van der Waals surface area (Å²) in [6.45, 7) is 4.14. The van der Waals surface area contributed by atoms with Gasteiger partial charge < -0.3 is 9.64 Å². The minimum atomic E-state index is 0.282. The van der Waals surface area contributed by atoms with Crippen molar-refractivity contribution in [3.05, 3.63) is 29.8 Å². The van der Waals surface area contributed by atoms with Gasteiger partial charge in [0.05, 0.1) is 12.7 Å². The Morgan fingerprint density at radius 1 is 1.20 bits per heavy atom. The number of rotatable bonds is 2. The fourth-order valence-electron chi connectivity index (χ4n) is 3.33. The van der Waals surface area contributed by atoms with Crippen LogP contribution in [0.1, 0.15) is 24.8 Å². The molecule has 2 aliphatic heterocycles. The molecule has 20 heavy (non-hydrogen) atoms. The Morgan fingerprint density at radius 3 is 2.80 bits per heavy atom. The Morgan fingerprint density at radius 2 is 2.00 bits per heavy atom. The molecule has 0 spiro atoms. The summed E-state index contributed by atoms with van der Waals surface area (Å²) in [6.07, 6.45) is 4.33. The number of benzene rings is 1. The quantitative estimate of drug-likeness (QED) is 0.829. The van der Waals surface area contributed by atoms with Gasteiger partial charge in [-0.05, 0) is 56.3 Å². The summed E-state index contributed by atoms with van der Waals surface area (Å²) in [5.74, 6) is 2.03. The van der Waals surface area contributed by atoms with Gasteiger partial charge in [0.2, 0.25) is 0 Å². The van der Waals surface area contributed by atoms with E-state index in [1.807, 2.05) is 6.07 Å². The molecule has 1 aromatic rings. The molecule has 1 fully saturated rings. The summed E-state index contributed by atoms with van der Waals surface area (Å²) < 4.78 is 5.84. The number of hydrogen-bond acceptors (Lipinski definition) is 3. The standard InChI is InChI=1S/C17H22N2O/c18-12-14-5-8-19(9-6-14)13-15-7-10-20-17-4-2-1-3-16(17)11-15/h1-4,14-15H,5-11,13H2/t15-/m1/s1. The number of nitriles is 1. The molecule has 1 aromatic carbocycles. The summed E-state index contributed by atoms with van der Waals surface area (Å²) in [5, 5.41) is 8.96. The van der Waals surface area contributed by atoms with Crippen LogP contribution in [0, 0.1) is 23.2 Å². The predicted octanol–water partition coefficient (Wildman–Crippen LogP) is 2.86. The summed E-state index contributed by atoms with van der Waals surface area (Å²) in [7, 11) is 0. The molecule has 3 rings (SSSR count). The first-order chi connectivity index (χ1) is 9.85. The van der Waals surface area contributed by atoms with Gasteiger partial charge >= 0.3 is 0 Å². The first-order valence-electron chi connectivity index (χ1n) is 7.68. The highest BCUT2D eigenvalue weighted by molar-refractivity contribution is 5.34. The van der Waals surface area contributed by atoms with Crippen molar-refractivity contribution in [2.24, 2.45) is 11.8 Å². The lowest BCUT2D eigenvalue weighted by Gasteiger charge is -2.31. The van der Waals surface area contributed by atoms with E-state index in [0.717, 1.165) is 57.7 Å². The van der Waals surface area contributed by atoms with Gasteiger partial charge in [-0.2, -0.15) is 5.26 Å². The Bertz CT molecular complexity index is 486. The molecule has 3 nitrogen and oxygen atoms in total. The maximum absolute atomic E-state index is 8.96. The van der Waals surface area contributed by atoms with Crippen molar-refractivity contribution < 1.29 is 4.74 Å². The second-order valence-electron chi connectivity index (χ2n) is 6.02. The molecule has 0 amide bonds. The van der Waals surface area contributed by atoms with Gasteiger partial charge in [0.15, 0.2) is 0 Å². The minimum Gasteiger partial charge on any atom is -0.493 e. The molecule has 1 saturated heterocycles. The van der Waals surface area contributed by atoms with Crippen molar-refractivity contribution in [2.75, 3.05) is 26.2 Å². The average Bonchev–Trinajstić information content (AvgIpc) is 2.69. The summed E-state index contributed by atoms with van der Waals surface area (Å²) in [6, 6.07) is 10.8. The third-order valence-electron chi connectivity index (χ3n) is 4.55. The normalized spacial score (nSPS) is 24.2. The fraction of sp³-hybridized carbons (Fsp3) is 0.588. The molecule has 0 saturated carbocycles. The first-order valence-corrected chi connectivity index (χ1v) is 7.68. The van der Waals surface area contributed by atoms with Crippen molar-refractivity contribution in [2.45, 2.75) is 25.7 Å². The number of piperidine rings is 1. The van der Waals surface area contributed by atoms with Crippen molar-refractivity contribution in [3.8, 4) is 11.8 Å². The van der Waals surface area contributed by atoms with Gasteiger partial charge in [0.1, 0.15) is 5.75 Å². The van der Waals surface area contributed by atoms with E-state index in [-0.39, 0.29) is 5.92 Å². The van der Waals surface area contributed by atoms with E-state index >= 15 is 0 Å². The number of ether oxygens (including phenoxy) is 1. The van der Waals surface area contributed by atoms with Crippen LogP contribution >= 0.6 is 0 Å². The van der Waals surface area contributed by atoms with E-state index in [1.54, 1.807) is 0 Å². The van der Waals surface area contributed by atoms with Crippen LogP contribution in [0.3, 0.4) is 0 Å². The second kappa shape index (κ2) is 6.28. The molecule has 1 atom stereocenters. The van der Waals surface area contributed by atoms with Crippen LogP contribution in [0.15, 0.2) is 24.3 Å². The van der Waals surface area contributed by atoms with Gasteiger partial charge in [0.25, 0.3) is 0 Å². The van der Waals surface area contributed by atoms with Gasteiger partial charge in [-0.1, -0.05) is 18.2 Å². The molecule has 0 bridgehead atoms. The Labute approximate surface area is 121 Å². The molecule has 3 heteroatoms. The number of likely N-dealkylation sites (tertiary alicyclic amines) is 1. The molecule has 0 unspecified atom stereocenters.